The molecule has 8 nitrogen and oxygen atoms in total. The van der Waals surface area contributed by atoms with Crippen molar-refractivity contribution in [2.24, 2.45) is 7.05 Å². The van der Waals surface area contributed by atoms with Gasteiger partial charge in [0.05, 0.1) is 0 Å². The molecule has 1 heterocycles. The van der Waals surface area contributed by atoms with E-state index in [2.05, 4.69) is 10.6 Å². The van der Waals surface area contributed by atoms with Gasteiger partial charge in [-0.15, -0.1) is 0 Å². The molecule has 0 saturated heterocycles. The first-order chi connectivity index (χ1) is 11.3. The third-order valence-corrected chi connectivity index (χ3v) is 3.65. The smallest absolute Gasteiger partial charge is 0.331 e. The summed E-state index contributed by atoms with van der Waals surface area (Å²) in [6, 6.07) is 6.20. The number of carbonyl (C=O) groups excluding carboxylic acids is 2. The zero-order chi connectivity index (χ0) is 17.9. The lowest BCUT2D eigenvalue weighted by Crippen LogP contribution is -2.39. The van der Waals surface area contributed by atoms with Gasteiger partial charge in [-0.25, -0.2) is 4.79 Å². The van der Waals surface area contributed by atoms with Gasteiger partial charge in [0, 0.05) is 37.6 Å². The van der Waals surface area contributed by atoms with Gasteiger partial charge in [0.2, 0.25) is 5.91 Å². The molecule has 0 unspecified atom stereocenters. The Labute approximate surface area is 137 Å². The number of hydrogen-bond donors (Lipinski definition) is 2. The maximum atomic E-state index is 12.2. The molecule has 24 heavy (non-hydrogen) atoms. The molecule has 0 aliphatic rings. The van der Waals surface area contributed by atoms with E-state index < -0.39 is 17.2 Å². The number of hydrogen-bond acceptors (Lipinski definition) is 4. The summed E-state index contributed by atoms with van der Waals surface area (Å²) in [5.74, 6) is -0.689. The predicted molar refractivity (Wildman–Crippen MR) is 89.1 cm³/mol. The highest BCUT2D eigenvalue weighted by molar-refractivity contribution is 5.99. The fraction of sp³-hybridized carbons (Fsp3) is 0.250. The van der Waals surface area contributed by atoms with E-state index in [9.17, 15) is 19.2 Å². The molecule has 2 amide bonds. The largest absolute Gasteiger partial charge is 0.355 e. The number of rotatable bonds is 4. The van der Waals surface area contributed by atoms with Crippen molar-refractivity contribution in [2.75, 3.05) is 12.4 Å². The molecule has 1 aromatic carbocycles. The highest BCUT2D eigenvalue weighted by atomic mass is 16.2. The molecular weight excluding hydrogens is 312 g/mol. The maximum Gasteiger partial charge on any atom is 0.331 e. The Kier molecular flexibility index (Phi) is 4.98. The van der Waals surface area contributed by atoms with Crippen molar-refractivity contribution in [3.8, 4) is 0 Å². The number of nitrogens with zero attached hydrogens (tertiary/aromatic N) is 2. The topological polar surface area (TPSA) is 102 Å². The SMILES string of the molecule is CNC(=O)c1cccc(NC(=O)Cn2ccc(=O)n(C)c2=O)c1C. The van der Waals surface area contributed by atoms with E-state index in [1.165, 1.54) is 26.4 Å². The quantitative estimate of drug-likeness (QED) is 0.814. The summed E-state index contributed by atoms with van der Waals surface area (Å²) >= 11 is 0. The Morgan fingerprint density at radius 2 is 1.88 bits per heavy atom. The average molecular weight is 330 g/mol. The van der Waals surface area contributed by atoms with E-state index in [4.69, 9.17) is 0 Å². The minimum atomic E-state index is -0.575. The Balaban J connectivity index is 2.22. The van der Waals surface area contributed by atoms with Crippen LogP contribution in [0, 0.1) is 6.92 Å². The van der Waals surface area contributed by atoms with Gasteiger partial charge in [-0.1, -0.05) is 6.07 Å². The van der Waals surface area contributed by atoms with Gasteiger partial charge in [0.15, 0.2) is 0 Å². The van der Waals surface area contributed by atoms with E-state index in [1.54, 1.807) is 25.1 Å². The minimum Gasteiger partial charge on any atom is -0.355 e. The fourth-order valence-electron chi connectivity index (χ4n) is 2.23. The molecule has 0 spiro atoms. The van der Waals surface area contributed by atoms with Crippen molar-refractivity contribution >= 4 is 17.5 Å². The van der Waals surface area contributed by atoms with Crippen LogP contribution in [0.25, 0.3) is 0 Å². The van der Waals surface area contributed by atoms with Gasteiger partial charge in [-0.2, -0.15) is 0 Å². The van der Waals surface area contributed by atoms with Crippen LogP contribution >= 0.6 is 0 Å². The lowest BCUT2D eigenvalue weighted by atomic mass is 10.1. The Bertz CT molecular complexity index is 911. The molecule has 8 heteroatoms. The summed E-state index contributed by atoms with van der Waals surface area (Å²) < 4.78 is 2.05. The van der Waals surface area contributed by atoms with E-state index in [-0.39, 0.29) is 12.5 Å². The second-order valence-corrected chi connectivity index (χ2v) is 5.23. The first kappa shape index (κ1) is 17.2. The molecule has 0 bridgehead atoms. The number of nitrogens with one attached hydrogen (secondary N) is 2. The monoisotopic (exact) mass is 330 g/mol. The van der Waals surface area contributed by atoms with Crippen molar-refractivity contribution in [1.29, 1.82) is 0 Å². The van der Waals surface area contributed by atoms with Gasteiger partial charge in [-0.3, -0.25) is 23.5 Å². The number of benzene rings is 1. The van der Waals surface area contributed by atoms with Crippen molar-refractivity contribution in [3.63, 3.8) is 0 Å². The predicted octanol–water partition coefficient (Wildman–Crippen LogP) is -0.146. The summed E-state index contributed by atoms with van der Waals surface area (Å²) in [7, 11) is 2.87. The Morgan fingerprint density at radius 3 is 2.54 bits per heavy atom. The summed E-state index contributed by atoms with van der Waals surface area (Å²) in [5.41, 5.74) is 0.547. The van der Waals surface area contributed by atoms with Crippen molar-refractivity contribution in [3.05, 3.63) is 62.4 Å². The number of carbonyl (C=O) groups is 2. The standard InChI is InChI=1S/C16H18N4O4/c1-10-11(15(23)17-2)5-4-6-12(10)18-13(21)9-20-8-7-14(22)19(3)16(20)24/h4-8H,9H2,1-3H3,(H,17,23)(H,18,21). The van der Waals surface area contributed by atoms with E-state index in [0.29, 0.717) is 16.8 Å². The van der Waals surface area contributed by atoms with E-state index >= 15 is 0 Å². The maximum absolute atomic E-state index is 12.2. The second kappa shape index (κ2) is 6.95. The van der Waals surface area contributed by atoms with Crippen LogP contribution < -0.4 is 21.9 Å². The van der Waals surface area contributed by atoms with Crippen molar-refractivity contribution in [1.82, 2.24) is 14.5 Å². The van der Waals surface area contributed by atoms with Crippen molar-refractivity contribution in [2.45, 2.75) is 13.5 Å². The van der Waals surface area contributed by atoms with E-state index in [0.717, 1.165) is 9.13 Å². The molecule has 2 rings (SSSR count). The van der Waals surface area contributed by atoms with Crippen LogP contribution in [0.1, 0.15) is 15.9 Å². The third kappa shape index (κ3) is 3.43. The summed E-state index contributed by atoms with van der Waals surface area (Å²) in [6.45, 7) is 1.48. The summed E-state index contributed by atoms with van der Waals surface area (Å²) in [6.07, 6.45) is 1.28. The highest BCUT2D eigenvalue weighted by Gasteiger charge is 2.13. The zero-order valence-corrected chi connectivity index (χ0v) is 13.6. The average Bonchev–Trinajstić information content (AvgIpc) is 2.56. The molecule has 1 aromatic heterocycles. The molecule has 0 radical (unpaired) electrons. The molecule has 0 atom stereocenters. The first-order valence-corrected chi connectivity index (χ1v) is 7.23. The molecule has 2 N–H and O–H groups in total. The molecule has 0 aliphatic carbocycles. The van der Waals surface area contributed by atoms with E-state index in [1.807, 2.05) is 0 Å². The lowest BCUT2D eigenvalue weighted by molar-refractivity contribution is -0.116. The molecule has 126 valence electrons. The summed E-state index contributed by atoms with van der Waals surface area (Å²) in [5, 5.41) is 5.21. The molecular formula is C16H18N4O4. The molecule has 0 saturated carbocycles. The minimum absolute atomic E-state index is 0.239. The lowest BCUT2D eigenvalue weighted by Gasteiger charge is -2.12. The second-order valence-electron chi connectivity index (χ2n) is 5.23. The Morgan fingerprint density at radius 1 is 1.17 bits per heavy atom. The van der Waals surface area contributed by atoms with Crippen LogP contribution in [0.3, 0.4) is 0 Å². The Hall–Kier alpha value is -3.16. The number of amides is 2. The van der Waals surface area contributed by atoms with Gasteiger partial charge < -0.3 is 10.6 Å². The first-order valence-electron chi connectivity index (χ1n) is 7.23. The van der Waals surface area contributed by atoms with Crippen LogP contribution in [0.15, 0.2) is 40.1 Å². The van der Waals surface area contributed by atoms with Crippen LogP contribution in [0.4, 0.5) is 5.69 Å². The van der Waals surface area contributed by atoms with Gasteiger partial charge >= 0.3 is 5.69 Å². The van der Waals surface area contributed by atoms with Gasteiger partial charge in [-0.05, 0) is 24.6 Å². The molecule has 2 aromatic rings. The van der Waals surface area contributed by atoms with Crippen molar-refractivity contribution < 1.29 is 9.59 Å². The zero-order valence-electron chi connectivity index (χ0n) is 13.6. The third-order valence-electron chi connectivity index (χ3n) is 3.65. The van der Waals surface area contributed by atoms with Crippen LogP contribution in [-0.2, 0) is 18.4 Å². The summed E-state index contributed by atoms with van der Waals surface area (Å²) in [4.78, 5) is 47.2. The number of aromatic nitrogens is 2. The highest BCUT2D eigenvalue weighted by Crippen LogP contribution is 2.18. The van der Waals surface area contributed by atoms with Gasteiger partial charge in [0.25, 0.3) is 11.5 Å². The number of anilines is 1. The molecule has 0 aliphatic heterocycles. The van der Waals surface area contributed by atoms with Gasteiger partial charge in [0.1, 0.15) is 6.54 Å². The van der Waals surface area contributed by atoms with Crippen LogP contribution in [0.2, 0.25) is 0 Å². The fourth-order valence-corrected chi connectivity index (χ4v) is 2.23. The normalized spacial score (nSPS) is 10.3. The molecule has 0 fully saturated rings. The van der Waals surface area contributed by atoms with Crippen LogP contribution in [0.5, 0.6) is 0 Å². The van der Waals surface area contributed by atoms with Crippen LogP contribution in [-0.4, -0.2) is 28.0 Å².